The highest BCUT2D eigenvalue weighted by molar-refractivity contribution is 5.03. The van der Waals surface area contributed by atoms with Gasteiger partial charge in [0.1, 0.15) is 18.3 Å². The number of nitrogens with zero attached hydrogens (tertiary/aromatic N) is 1. The van der Waals surface area contributed by atoms with Crippen molar-refractivity contribution < 1.29 is 20.1 Å². The number of ether oxygens (including phenoxy) is 1. The zero-order valence-corrected chi connectivity index (χ0v) is 9.61. The topological polar surface area (TPSA) is 125 Å². The van der Waals surface area contributed by atoms with Crippen LogP contribution in [0.1, 0.15) is 11.8 Å². The normalized spacial score (nSPS) is 31.8. The second kappa shape index (κ2) is 4.65. The number of aromatic amines is 1. The van der Waals surface area contributed by atoms with Crippen molar-refractivity contribution in [3.05, 3.63) is 32.6 Å². The number of rotatable bonds is 2. The Morgan fingerprint density at radius 1 is 1.39 bits per heavy atom. The van der Waals surface area contributed by atoms with E-state index in [0.29, 0.717) is 0 Å². The van der Waals surface area contributed by atoms with E-state index in [1.807, 2.05) is 0 Å². The van der Waals surface area contributed by atoms with Crippen LogP contribution < -0.4 is 11.2 Å². The highest BCUT2D eigenvalue weighted by Crippen LogP contribution is 2.27. The van der Waals surface area contributed by atoms with Gasteiger partial charge in [-0.3, -0.25) is 14.3 Å². The number of nitrogens with one attached hydrogen (secondary N) is 1. The Hall–Kier alpha value is -1.48. The molecule has 4 N–H and O–H groups in total. The van der Waals surface area contributed by atoms with Crippen molar-refractivity contribution in [3.63, 3.8) is 0 Å². The molecule has 2 rings (SSSR count). The van der Waals surface area contributed by atoms with Crippen LogP contribution in [0.2, 0.25) is 0 Å². The molecule has 0 amide bonds. The van der Waals surface area contributed by atoms with Crippen LogP contribution in [-0.4, -0.2) is 49.8 Å². The standard InChI is InChI=1S/C10H14N2O6/c1-4-2-12(10(17)11-8(4)16)9-7(15)6(14)5(3-13)18-9/h2,5-7,9,13-15H,3H2,1H3,(H,11,16,17)/t5-,6-,7-,9-/m1/s1/i6+1. The summed E-state index contributed by atoms with van der Waals surface area (Å²) in [5.74, 6) is 0. The van der Waals surface area contributed by atoms with Crippen molar-refractivity contribution >= 4 is 0 Å². The van der Waals surface area contributed by atoms with E-state index in [4.69, 9.17) is 9.84 Å². The van der Waals surface area contributed by atoms with Gasteiger partial charge in [-0.25, -0.2) is 4.79 Å². The maximum absolute atomic E-state index is 11.6. The molecule has 1 aliphatic heterocycles. The average Bonchev–Trinajstić information content (AvgIpc) is 2.61. The fourth-order valence-electron chi connectivity index (χ4n) is 1.88. The Morgan fingerprint density at radius 2 is 2.06 bits per heavy atom. The molecule has 8 nitrogen and oxygen atoms in total. The monoisotopic (exact) mass is 259 g/mol. The van der Waals surface area contributed by atoms with Gasteiger partial charge in [-0.05, 0) is 6.92 Å². The summed E-state index contributed by atoms with van der Waals surface area (Å²) in [5, 5.41) is 28.3. The van der Waals surface area contributed by atoms with Crippen LogP contribution in [0, 0.1) is 6.92 Å². The van der Waals surface area contributed by atoms with Gasteiger partial charge in [0.05, 0.1) is 6.61 Å². The van der Waals surface area contributed by atoms with Crippen molar-refractivity contribution in [2.45, 2.75) is 31.5 Å². The van der Waals surface area contributed by atoms with Gasteiger partial charge >= 0.3 is 5.69 Å². The van der Waals surface area contributed by atoms with Gasteiger partial charge in [-0.1, -0.05) is 0 Å². The fourth-order valence-corrected chi connectivity index (χ4v) is 1.88. The van der Waals surface area contributed by atoms with Crippen LogP contribution in [0.4, 0.5) is 0 Å². The van der Waals surface area contributed by atoms with Crippen LogP contribution in [0.25, 0.3) is 0 Å². The third-order valence-electron chi connectivity index (χ3n) is 2.94. The van der Waals surface area contributed by atoms with E-state index in [0.717, 1.165) is 4.57 Å². The molecule has 0 aromatic carbocycles. The summed E-state index contributed by atoms with van der Waals surface area (Å²) in [6.45, 7) is 1.02. The predicted molar refractivity (Wildman–Crippen MR) is 59.1 cm³/mol. The van der Waals surface area contributed by atoms with Gasteiger partial charge in [0.2, 0.25) is 0 Å². The van der Waals surface area contributed by atoms with E-state index in [9.17, 15) is 19.8 Å². The quantitative estimate of drug-likeness (QED) is 0.434. The molecular formula is C10H14N2O6. The molecule has 1 aromatic heterocycles. The van der Waals surface area contributed by atoms with Crippen molar-refractivity contribution in [2.75, 3.05) is 6.61 Å². The Kier molecular flexibility index (Phi) is 3.35. The minimum Gasteiger partial charge on any atom is -0.394 e. The van der Waals surface area contributed by atoms with Gasteiger partial charge in [-0.15, -0.1) is 0 Å². The van der Waals surface area contributed by atoms with Crippen LogP contribution in [0.5, 0.6) is 0 Å². The van der Waals surface area contributed by atoms with Crippen LogP contribution in [-0.2, 0) is 4.74 Å². The Labute approximate surface area is 101 Å². The summed E-state index contributed by atoms with van der Waals surface area (Å²) in [7, 11) is 0. The molecule has 0 aliphatic carbocycles. The van der Waals surface area contributed by atoms with E-state index < -0.39 is 42.4 Å². The van der Waals surface area contributed by atoms with Gasteiger partial charge in [0, 0.05) is 11.8 Å². The second-order valence-corrected chi connectivity index (χ2v) is 4.21. The maximum atomic E-state index is 11.6. The van der Waals surface area contributed by atoms with Crippen LogP contribution in [0.3, 0.4) is 0 Å². The molecule has 18 heavy (non-hydrogen) atoms. The zero-order valence-electron chi connectivity index (χ0n) is 9.61. The summed E-state index contributed by atoms with van der Waals surface area (Å²) < 4.78 is 6.17. The lowest BCUT2D eigenvalue weighted by Gasteiger charge is -2.17. The number of H-pyrrole nitrogens is 1. The second-order valence-electron chi connectivity index (χ2n) is 4.21. The third-order valence-corrected chi connectivity index (χ3v) is 2.94. The number of aliphatic hydroxyl groups excluding tert-OH is 3. The first-order chi connectivity index (χ1) is 8.45. The number of aromatic nitrogens is 2. The smallest absolute Gasteiger partial charge is 0.330 e. The van der Waals surface area contributed by atoms with Gasteiger partial charge in [-0.2, -0.15) is 0 Å². The Morgan fingerprint density at radius 3 is 2.61 bits per heavy atom. The van der Waals surface area contributed by atoms with Crippen LogP contribution in [0.15, 0.2) is 15.8 Å². The summed E-state index contributed by atoms with van der Waals surface area (Å²) in [6, 6.07) is 0. The molecule has 1 aliphatic rings. The number of aliphatic hydroxyl groups is 3. The van der Waals surface area contributed by atoms with E-state index in [1.165, 1.54) is 13.1 Å². The van der Waals surface area contributed by atoms with Crippen molar-refractivity contribution in [1.82, 2.24) is 9.55 Å². The van der Waals surface area contributed by atoms with Crippen molar-refractivity contribution in [3.8, 4) is 0 Å². The molecule has 1 saturated heterocycles. The molecule has 0 saturated carbocycles. The third kappa shape index (κ3) is 1.99. The van der Waals surface area contributed by atoms with Gasteiger partial charge in [0.15, 0.2) is 6.23 Å². The Balaban J connectivity index is 2.42. The van der Waals surface area contributed by atoms with E-state index in [1.54, 1.807) is 0 Å². The minimum absolute atomic E-state index is 0.271. The molecule has 0 radical (unpaired) electrons. The van der Waals surface area contributed by atoms with Gasteiger partial charge < -0.3 is 20.1 Å². The number of aryl methyl sites for hydroxylation is 1. The first-order valence-electron chi connectivity index (χ1n) is 5.40. The lowest BCUT2D eigenvalue weighted by molar-refractivity contribution is -0.0551. The fraction of sp³-hybridized carbons (Fsp3) is 0.600. The summed E-state index contributed by atoms with van der Waals surface area (Å²) >= 11 is 0. The SMILES string of the molecule is Cc1cn([C@@H]2O[C@H](CO)[13C@@H](O)[C@H]2O)c(=O)[nH]c1=O. The highest BCUT2D eigenvalue weighted by atomic mass is 16.6. The molecule has 1 aromatic rings. The molecule has 4 atom stereocenters. The van der Waals surface area contributed by atoms with E-state index in [-0.39, 0.29) is 5.56 Å². The molecular weight excluding hydrogens is 245 g/mol. The number of hydrogen-bond acceptors (Lipinski definition) is 6. The summed E-state index contributed by atoms with van der Waals surface area (Å²) in [5.41, 5.74) is -1.00. The number of hydrogen-bond donors (Lipinski definition) is 4. The summed E-state index contributed by atoms with van der Waals surface area (Å²) in [6.07, 6.45) is -3.52. The lowest BCUT2D eigenvalue weighted by Crippen LogP contribution is -2.38. The van der Waals surface area contributed by atoms with Gasteiger partial charge in [0.25, 0.3) is 5.56 Å². The molecule has 1 fully saturated rings. The van der Waals surface area contributed by atoms with E-state index >= 15 is 0 Å². The van der Waals surface area contributed by atoms with Crippen molar-refractivity contribution in [1.29, 1.82) is 0 Å². The average molecular weight is 259 g/mol. The lowest BCUT2D eigenvalue weighted by atomic mass is 10.3. The largest absolute Gasteiger partial charge is 0.394 e. The molecule has 0 unspecified atom stereocenters. The predicted octanol–water partition coefficient (Wildman–Crippen LogP) is -2.54. The van der Waals surface area contributed by atoms with Crippen molar-refractivity contribution in [2.24, 2.45) is 0 Å². The summed E-state index contributed by atoms with van der Waals surface area (Å²) in [4.78, 5) is 24.9. The molecule has 0 spiro atoms. The van der Waals surface area contributed by atoms with E-state index in [2.05, 4.69) is 4.98 Å². The molecule has 8 heteroatoms. The van der Waals surface area contributed by atoms with Crippen LogP contribution >= 0.6 is 0 Å². The molecule has 0 bridgehead atoms. The first kappa shape index (κ1) is 13.0. The maximum Gasteiger partial charge on any atom is 0.330 e. The molecule has 2 heterocycles. The zero-order chi connectivity index (χ0) is 13.4. The first-order valence-corrected chi connectivity index (χ1v) is 5.40. The molecule has 100 valence electrons. The minimum atomic E-state index is -1.36. The Bertz CT molecular complexity index is 550. The highest BCUT2D eigenvalue weighted by Gasteiger charge is 2.43.